The smallest absolute Gasteiger partial charge is 0.243 e. The van der Waals surface area contributed by atoms with E-state index in [0.717, 1.165) is 25.1 Å². The fourth-order valence-electron chi connectivity index (χ4n) is 2.09. The van der Waals surface area contributed by atoms with Crippen LogP contribution in [0.4, 0.5) is 0 Å². The Morgan fingerprint density at radius 1 is 1.39 bits per heavy atom. The highest BCUT2D eigenvalue weighted by atomic mass is 35.5. The molecule has 1 saturated heterocycles. The van der Waals surface area contributed by atoms with Crippen LogP contribution >= 0.6 is 12.4 Å². The van der Waals surface area contributed by atoms with Gasteiger partial charge in [-0.15, -0.1) is 12.4 Å². The van der Waals surface area contributed by atoms with Gasteiger partial charge in [0.2, 0.25) is 10.0 Å². The van der Waals surface area contributed by atoms with E-state index in [2.05, 4.69) is 5.32 Å². The maximum atomic E-state index is 12.4. The Kier molecular flexibility index (Phi) is 5.16. The quantitative estimate of drug-likeness (QED) is 0.915. The van der Waals surface area contributed by atoms with E-state index in [1.54, 1.807) is 25.2 Å². The fourth-order valence-corrected chi connectivity index (χ4v) is 3.58. The summed E-state index contributed by atoms with van der Waals surface area (Å²) < 4.78 is 26.2. The molecule has 1 aliphatic heterocycles. The van der Waals surface area contributed by atoms with Gasteiger partial charge in [-0.05, 0) is 37.6 Å². The van der Waals surface area contributed by atoms with Gasteiger partial charge in [0, 0.05) is 19.6 Å². The van der Waals surface area contributed by atoms with Crippen molar-refractivity contribution in [2.45, 2.75) is 24.3 Å². The second-order valence-corrected chi connectivity index (χ2v) is 6.48. The lowest BCUT2D eigenvalue weighted by Gasteiger charge is -2.23. The first-order chi connectivity index (χ1) is 8.01. The molecule has 0 saturated carbocycles. The Balaban J connectivity index is 0.00000162. The van der Waals surface area contributed by atoms with E-state index in [9.17, 15) is 8.42 Å². The van der Waals surface area contributed by atoms with Gasteiger partial charge in [0.25, 0.3) is 0 Å². The summed E-state index contributed by atoms with van der Waals surface area (Å²) in [5.41, 5.74) is 0.962. The summed E-state index contributed by atoms with van der Waals surface area (Å²) in [6.07, 6.45) is 0.877. The van der Waals surface area contributed by atoms with Crippen LogP contribution in [-0.4, -0.2) is 38.9 Å². The van der Waals surface area contributed by atoms with E-state index >= 15 is 0 Å². The highest BCUT2D eigenvalue weighted by Gasteiger charge is 2.29. The van der Waals surface area contributed by atoms with Crippen LogP contribution in [0.3, 0.4) is 0 Å². The molecule has 1 atom stereocenters. The van der Waals surface area contributed by atoms with Gasteiger partial charge in [0.1, 0.15) is 0 Å². The summed E-state index contributed by atoms with van der Waals surface area (Å²) in [6, 6.07) is 7.12. The van der Waals surface area contributed by atoms with Crippen molar-refractivity contribution in [2.24, 2.45) is 0 Å². The first-order valence-electron chi connectivity index (χ1n) is 5.77. The van der Waals surface area contributed by atoms with Gasteiger partial charge in [0.15, 0.2) is 0 Å². The minimum Gasteiger partial charge on any atom is -0.315 e. The van der Waals surface area contributed by atoms with Crippen LogP contribution in [0.25, 0.3) is 0 Å². The van der Waals surface area contributed by atoms with Crippen LogP contribution in [0.2, 0.25) is 0 Å². The van der Waals surface area contributed by atoms with Crippen LogP contribution in [0.15, 0.2) is 29.2 Å². The number of hydrogen-bond acceptors (Lipinski definition) is 3. The number of sulfonamides is 1. The minimum absolute atomic E-state index is 0. The predicted octanol–water partition coefficient (Wildman–Crippen LogP) is 1.40. The summed E-state index contributed by atoms with van der Waals surface area (Å²) in [5.74, 6) is 0. The molecule has 1 fully saturated rings. The maximum absolute atomic E-state index is 12.4. The lowest BCUT2D eigenvalue weighted by Crippen LogP contribution is -2.38. The third-order valence-electron chi connectivity index (χ3n) is 3.22. The Hall–Kier alpha value is -0.620. The lowest BCUT2D eigenvalue weighted by molar-refractivity contribution is 0.387. The molecular weight excluding hydrogens is 272 g/mol. The first kappa shape index (κ1) is 15.4. The summed E-state index contributed by atoms with van der Waals surface area (Å²) in [6.45, 7) is 3.52. The van der Waals surface area contributed by atoms with Crippen LogP contribution in [0, 0.1) is 6.92 Å². The predicted molar refractivity (Wildman–Crippen MR) is 74.7 cm³/mol. The molecule has 0 aromatic heterocycles. The Labute approximate surface area is 115 Å². The van der Waals surface area contributed by atoms with Gasteiger partial charge >= 0.3 is 0 Å². The molecule has 0 amide bonds. The molecular formula is C12H19ClN2O2S. The number of halogens is 1. The molecule has 1 aromatic rings. The number of rotatable bonds is 3. The van der Waals surface area contributed by atoms with E-state index in [1.165, 1.54) is 4.31 Å². The maximum Gasteiger partial charge on any atom is 0.243 e. The lowest BCUT2D eigenvalue weighted by atomic mass is 10.2. The number of benzene rings is 1. The molecule has 1 aliphatic rings. The molecule has 1 aromatic carbocycles. The van der Waals surface area contributed by atoms with Crippen molar-refractivity contribution in [1.82, 2.24) is 9.62 Å². The topological polar surface area (TPSA) is 49.4 Å². The molecule has 1 heterocycles. The minimum atomic E-state index is -3.35. The number of likely N-dealkylation sites (N-methyl/N-ethyl adjacent to an activating group) is 1. The second-order valence-electron chi connectivity index (χ2n) is 4.48. The summed E-state index contributed by atoms with van der Waals surface area (Å²) in [7, 11) is -1.69. The first-order valence-corrected chi connectivity index (χ1v) is 7.21. The van der Waals surface area contributed by atoms with Crippen molar-refractivity contribution < 1.29 is 8.42 Å². The highest BCUT2D eigenvalue weighted by Crippen LogP contribution is 2.19. The molecule has 1 N–H and O–H groups in total. The number of hydrogen-bond donors (Lipinski definition) is 1. The number of aryl methyl sites for hydroxylation is 1. The SMILES string of the molecule is Cc1cccc(S(=O)(=O)N(C)C2CCNC2)c1.Cl. The average molecular weight is 291 g/mol. The summed E-state index contributed by atoms with van der Waals surface area (Å²) in [5, 5.41) is 3.18. The van der Waals surface area contributed by atoms with Crippen molar-refractivity contribution in [3.63, 3.8) is 0 Å². The van der Waals surface area contributed by atoms with Crippen LogP contribution in [-0.2, 0) is 10.0 Å². The Morgan fingerprint density at radius 3 is 2.67 bits per heavy atom. The van der Waals surface area contributed by atoms with Crippen molar-refractivity contribution in [3.05, 3.63) is 29.8 Å². The molecule has 0 radical (unpaired) electrons. The molecule has 0 bridgehead atoms. The fraction of sp³-hybridized carbons (Fsp3) is 0.500. The molecule has 18 heavy (non-hydrogen) atoms. The molecule has 1 unspecified atom stereocenters. The van der Waals surface area contributed by atoms with Gasteiger partial charge in [-0.2, -0.15) is 4.31 Å². The van der Waals surface area contributed by atoms with E-state index in [1.807, 2.05) is 13.0 Å². The molecule has 0 aliphatic carbocycles. The van der Waals surface area contributed by atoms with Gasteiger partial charge in [-0.1, -0.05) is 12.1 Å². The van der Waals surface area contributed by atoms with Crippen LogP contribution in [0.1, 0.15) is 12.0 Å². The molecule has 6 heteroatoms. The van der Waals surface area contributed by atoms with Gasteiger partial charge in [-0.25, -0.2) is 8.42 Å². The molecule has 2 rings (SSSR count). The van der Waals surface area contributed by atoms with Crippen LogP contribution in [0.5, 0.6) is 0 Å². The molecule has 0 spiro atoms. The van der Waals surface area contributed by atoms with E-state index in [-0.39, 0.29) is 18.4 Å². The molecule has 4 nitrogen and oxygen atoms in total. The van der Waals surface area contributed by atoms with Crippen molar-refractivity contribution >= 4 is 22.4 Å². The summed E-state index contributed by atoms with van der Waals surface area (Å²) in [4.78, 5) is 0.381. The normalized spacial score (nSPS) is 19.8. The zero-order valence-electron chi connectivity index (χ0n) is 10.6. The molecule has 102 valence electrons. The van der Waals surface area contributed by atoms with Gasteiger partial charge in [-0.3, -0.25) is 0 Å². The zero-order chi connectivity index (χ0) is 12.5. The second kappa shape index (κ2) is 6.02. The average Bonchev–Trinajstić information content (AvgIpc) is 2.81. The Morgan fingerprint density at radius 2 is 2.11 bits per heavy atom. The number of nitrogens with zero attached hydrogens (tertiary/aromatic N) is 1. The largest absolute Gasteiger partial charge is 0.315 e. The third-order valence-corrected chi connectivity index (χ3v) is 5.12. The van der Waals surface area contributed by atoms with Gasteiger partial charge < -0.3 is 5.32 Å². The monoisotopic (exact) mass is 290 g/mol. The van der Waals surface area contributed by atoms with Crippen molar-refractivity contribution in [1.29, 1.82) is 0 Å². The van der Waals surface area contributed by atoms with Crippen molar-refractivity contribution in [2.75, 3.05) is 20.1 Å². The van der Waals surface area contributed by atoms with E-state index in [4.69, 9.17) is 0 Å². The Bertz CT molecular complexity index is 499. The zero-order valence-corrected chi connectivity index (χ0v) is 12.2. The third kappa shape index (κ3) is 3.03. The standard InChI is InChI=1S/C12H18N2O2S.ClH/c1-10-4-3-5-12(8-10)17(15,16)14(2)11-6-7-13-9-11;/h3-5,8,11,13H,6-7,9H2,1-2H3;1H. The highest BCUT2D eigenvalue weighted by molar-refractivity contribution is 7.89. The van der Waals surface area contributed by atoms with E-state index < -0.39 is 10.0 Å². The van der Waals surface area contributed by atoms with Gasteiger partial charge in [0.05, 0.1) is 4.90 Å². The summed E-state index contributed by atoms with van der Waals surface area (Å²) >= 11 is 0. The van der Waals surface area contributed by atoms with Crippen molar-refractivity contribution in [3.8, 4) is 0 Å². The van der Waals surface area contributed by atoms with Crippen LogP contribution < -0.4 is 5.32 Å². The van der Waals surface area contributed by atoms with E-state index in [0.29, 0.717) is 4.90 Å². The number of nitrogens with one attached hydrogen (secondary N) is 1.